The van der Waals surface area contributed by atoms with Crippen LogP contribution in [-0.2, 0) is 9.53 Å². The molecule has 1 fully saturated rings. The number of ether oxygens (including phenoxy) is 3. The van der Waals surface area contributed by atoms with Gasteiger partial charge >= 0.3 is 12.1 Å². The molecule has 0 radical (unpaired) electrons. The molecule has 1 heterocycles. The average molecular weight is 610 g/mol. The first-order valence-corrected chi connectivity index (χ1v) is 15.4. The van der Waals surface area contributed by atoms with Crippen LogP contribution >= 0.6 is 23.4 Å². The molecule has 1 unspecified atom stereocenters. The normalized spacial score (nSPS) is 16.8. The van der Waals surface area contributed by atoms with Crippen molar-refractivity contribution in [2.24, 2.45) is 11.8 Å². The van der Waals surface area contributed by atoms with Gasteiger partial charge in [-0.15, -0.1) is 11.8 Å². The molecule has 1 aliphatic heterocycles. The Morgan fingerprint density at radius 1 is 0.976 bits per heavy atom. The van der Waals surface area contributed by atoms with Crippen molar-refractivity contribution < 1.29 is 28.6 Å². The highest BCUT2D eigenvalue weighted by Gasteiger charge is 2.42. The van der Waals surface area contributed by atoms with Crippen molar-refractivity contribution in [1.29, 1.82) is 0 Å². The minimum Gasteiger partial charge on any atom is -0.476 e. The highest BCUT2D eigenvalue weighted by Crippen LogP contribution is 2.37. The van der Waals surface area contributed by atoms with E-state index in [-0.39, 0.29) is 30.7 Å². The molecule has 7 nitrogen and oxygen atoms in total. The van der Waals surface area contributed by atoms with Crippen LogP contribution in [0.1, 0.15) is 49.5 Å². The maximum Gasteiger partial charge on any atom is 0.415 e. The van der Waals surface area contributed by atoms with Crippen molar-refractivity contribution in [2.75, 3.05) is 26.0 Å². The van der Waals surface area contributed by atoms with E-state index in [1.54, 1.807) is 60.8 Å². The van der Waals surface area contributed by atoms with Gasteiger partial charge in [-0.1, -0.05) is 49.7 Å². The van der Waals surface area contributed by atoms with E-state index >= 15 is 0 Å². The number of benzene rings is 3. The van der Waals surface area contributed by atoms with Gasteiger partial charge in [0.25, 0.3) is 0 Å². The zero-order chi connectivity index (χ0) is 30.4. The van der Waals surface area contributed by atoms with Crippen LogP contribution in [0.3, 0.4) is 0 Å². The third-order valence-corrected chi connectivity index (χ3v) is 8.00. The van der Waals surface area contributed by atoms with Gasteiger partial charge in [0.2, 0.25) is 0 Å². The number of carbonyl (C=O) groups excluding carboxylic acids is 3. The highest BCUT2D eigenvalue weighted by atomic mass is 35.5. The van der Waals surface area contributed by atoms with E-state index in [0.29, 0.717) is 28.7 Å². The molecule has 2 atom stereocenters. The maximum atomic E-state index is 13.8. The van der Waals surface area contributed by atoms with E-state index in [1.807, 2.05) is 62.6 Å². The summed E-state index contributed by atoms with van der Waals surface area (Å²) in [6.45, 7) is 8.03. The van der Waals surface area contributed by atoms with Crippen LogP contribution in [0.2, 0.25) is 5.02 Å². The molecule has 0 aromatic heterocycles. The smallest absolute Gasteiger partial charge is 0.415 e. The Morgan fingerprint density at radius 3 is 2.31 bits per heavy atom. The third kappa shape index (κ3) is 7.86. The van der Waals surface area contributed by atoms with E-state index in [2.05, 4.69) is 0 Å². The lowest BCUT2D eigenvalue weighted by Gasteiger charge is -2.26. The van der Waals surface area contributed by atoms with Gasteiger partial charge in [0.05, 0.1) is 6.61 Å². The Balaban J connectivity index is 1.59. The van der Waals surface area contributed by atoms with Gasteiger partial charge < -0.3 is 19.1 Å². The molecule has 1 amide bonds. The van der Waals surface area contributed by atoms with Crippen LogP contribution in [0.25, 0.3) is 0 Å². The number of thioether (sulfide) groups is 1. The molecule has 4 rings (SSSR count). The van der Waals surface area contributed by atoms with E-state index in [1.165, 1.54) is 0 Å². The Kier molecular flexibility index (Phi) is 10.2. The van der Waals surface area contributed by atoms with Gasteiger partial charge in [-0.05, 0) is 80.1 Å². The Labute approximate surface area is 256 Å². The first kappa shape index (κ1) is 31.4. The summed E-state index contributed by atoms with van der Waals surface area (Å²) in [7, 11) is 0. The Hall–Kier alpha value is -3.49. The van der Waals surface area contributed by atoms with Crippen LogP contribution in [-0.4, -0.2) is 54.3 Å². The fourth-order valence-corrected chi connectivity index (χ4v) is 5.29. The van der Waals surface area contributed by atoms with E-state index < -0.39 is 23.6 Å². The molecule has 0 N–H and O–H groups in total. The van der Waals surface area contributed by atoms with Gasteiger partial charge in [-0.25, -0.2) is 9.59 Å². The molecule has 3 aromatic carbocycles. The summed E-state index contributed by atoms with van der Waals surface area (Å²) in [5, 5.41) is 0.535. The number of ketones is 1. The van der Waals surface area contributed by atoms with Crippen molar-refractivity contribution in [3.8, 4) is 11.5 Å². The molecule has 9 heteroatoms. The fraction of sp³-hybridized carbons (Fsp3) is 0.364. The predicted octanol–water partition coefficient (Wildman–Crippen LogP) is 7.52. The van der Waals surface area contributed by atoms with Gasteiger partial charge in [0.15, 0.2) is 11.4 Å². The molecule has 0 spiro atoms. The van der Waals surface area contributed by atoms with Gasteiger partial charge in [0.1, 0.15) is 11.5 Å². The zero-order valence-electron chi connectivity index (χ0n) is 24.5. The van der Waals surface area contributed by atoms with Crippen molar-refractivity contribution in [1.82, 2.24) is 4.90 Å². The van der Waals surface area contributed by atoms with Crippen molar-refractivity contribution in [2.45, 2.75) is 44.1 Å². The molecular formula is C33H36ClNO6S. The fourth-order valence-electron chi connectivity index (χ4n) is 4.75. The first-order valence-electron chi connectivity index (χ1n) is 13.8. The number of likely N-dealkylation sites (tertiary alicyclic amines) is 1. The van der Waals surface area contributed by atoms with Crippen molar-refractivity contribution in [3.63, 3.8) is 0 Å². The quantitative estimate of drug-likeness (QED) is 0.134. The molecular weight excluding hydrogens is 574 g/mol. The van der Waals surface area contributed by atoms with Crippen LogP contribution in [0.15, 0.2) is 77.7 Å². The number of amides is 1. The summed E-state index contributed by atoms with van der Waals surface area (Å²) in [5.74, 6) is -0.311. The van der Waals surface area contributed by atoms with Crippen molar-refractivity contribution in [3.05, 3.63) is 88.9 Å². The minimum absolute atomic E-state index is 0.0571. The second-order valence-electron chi connectivity index (χ2n) is 11.2. The molecule has 42 heavy (non-hydrogen) atoms. The van der Waals surface area contributed by atoms with Gasteiger partial charge in [-0.2, -0.15) is 0 Å². The SMILES string of the molecule is CSc1ccc(C(=O)[C@H]2CN(C(=O)Oc3ccc(Cl)cc3)CC2c2cccc(OC(C)(C)C(=O)OCC(C)C)c2)cc1. The maximum absolute atomic E-state index is 13.8. The topological polar surface area (TPSA) is 82.1 Å². The van der Waals surface area contributed by atoms with Gasteiger partial charge in [0, 0.05) is 40.4 Å². The lowest BCUT2D eigenvalue weighted by molar-refractivity contribution is -0.160. The summed E-state index contributed by atoms with van der Waals surface area (Å²) in [6.07, 6.45) is 1.44. The summed E-state index contributed by atoms with van der Waals surface area (Å²) < 4.78 is 17.1. The minimum atomic E-state index is -1.22. The molecule has 222 valence electrons. The van der Waals surface area contributed by atoms with Crippen LogP contribution < -0.4 is 9.47 Å². The summed E-state index contributed by atoms with van der Waals surface area (Å²) in [5.41, 5.74) is 0.183. The second kappa shape index (κ2) is 13.7. The molecule has 0 saturated carbocycles. The Morgan fingerprint density at radius 2 is 1.67 bits per heavy atom. The number of rotatable bonds is 10. The Bertz CT molecular complexity index is 1410. The predicted molar refractivity (Wildman–Crippen MR) is 165 cm³/mol. The number of hydrogen-bond donors (Lipinski definition) is 0. The molecule has 0 aliphatic carbocycles. The van der Waals surface area contributed by atoms with Crippen LogP contribution in [0, 0.1) is 11.8 Å². The number of halogens is 1. The summed E-state index contributed by atoms with van der Waals surface area (Å²) in [6, 6.07) is 21.4. The van der Waals surface area contributed by atoms with Crippen LogP contribution in [0.5, 0.6) is 11.5 Å². The number of esters is 1. The largest absolute Gasteiger partial charge is 0.476 e. The molecule has 1 saturated heterocycles. The number of hydrogen-bond acceptors (Lipinski definition) is 7. The highest BCUT2D eigenvalue weighted by molar-refractivity contribution is 7.98. The zero-order valence-corrected chi connectivity index (χ0v) is 26.0. The second-order valence-corrected chi connectivity index (χ2v) is 12.5. The monoisotopic (exact) mass is 609 g/mol. The lowest BCUT2D eigenvalue weighted by Crippen LogP contribution is -2.40. The average Bonchev–Trinajstić information content (AvgIpc) is 3.42. The third-order valence-electron chi connectivity index (χ3n) is 7.01. The van der Waals surface area contributed by atoms with Crippen molar-refractivity contribution >= 4 is 41.2 Å². The summed E-state index contributed by atoms with van der Waals surface area (Å²) in [4.78, 5) is 42.3. The lowest BCUT2D eigenvalue weighted by atomic mass is 9.84. The first-order chi connectivity index (χ1) is 20.0. The van der Waals surface area contributed by atoms with Crippen LogP contribution in [0.4, 0.5) is 4.79 Å². The molecule has 0 bridgehead atoms. The molecule has 3 aromatic rings. The number of Topliss-reactive ketones (excluding diaryl/α,β-unsaturated/α-hetero) is 1. The number of nitrogens with zero attached hydrogens (tertiary/aromatic N) is 1. The van der Waals surface area contributed by atoms with E-state index in [4.69, 9.17) is 25.8 Å². The van der Waals surface area contributed by atoms with E-state index in [0.717, 1.165) is 10.5 Å². The van der Waals surface area contributed by atoms with E-state index in [9.17, 15) is 14.4 Å². The number of carbonyl (C=O) groups is 3. The van der Waals surface area contributed by atoms with Gasteiger partial charge in [-0.3, -0.25) is 4.79 Å². The summed E-state index contributed by atoms with van der Waals surface area (Å²) >= 11 is 7.57. The molecule has 1 aliphatic rings. The standard InChI is InChI=1S/C33H36ClNO6S/c1-21(2)20-39-31(37)33(3,4)41-26-8-6-7-23(17-26)28-18-35(32(38)40-25-13-11-24(34)12-14-25)19-29(28)30(36)22-9-15-27(42-5)16-10-22/h6-17,21,28-29H,18-20H2,1-5H3/t28?,29-/m0/s1.